The van der Waals surface area contributed by atoms with Crippen molar-refractivity contribution < 1.29 is 4.79 Å². The van der Waals surface area contributed by atoms with Crippen LogP contribution >= 0.6 is 23.2 Å². The van der Waals surface area contributed by atoms with Crippen molar-refractivity contribution in [3.05, 3.63) is 82.1 Å². The average molecular weight is 387 g/mol. The molecule has 0 saturated carbocycles. The predicted octanol–water partition coefficient (Wildman–Crippen LogP) is 4.50. The van der Waals surface area contributed by atoms with Gasteiger partial charge in [0, 0.05) is 24.6 Å². The van der Waals surface area contributed by atoms with E-state index in [-0.39, 0.29) is 5.91 Å². The van der Waals surface area contributed by atoms with Crippen LogP contribution in [0.15, 0.2) is 60.9 Å². The van der Waals surface area contributed by atoms with Crippen LogP contribution in [-0.2, 0) is 6.42 Å². The number of anilines is 2. The molecule has 0 unspecified atom stereocenters. The molecule has 0 radical (unpaired) electrons. The molecule has 3 rings (SSSR count). The van der Waals surface area contributed by atoms with Crippen molar-refractivity contribution in [1.29, 1.82) is 0 Å². The van der Waals surface area contributed by atoms with Gasteiger partial charge >= 0.3 is 0 Å². The lowest BCUT2D eigenvalue weighted by Crippen LogP contribution is -2.26. The molecule has 2 aromatic carbocycles. The van der Waals surface area contributed by atoms with Crippen molar-refractivity contribution in [1.82, 2.24) is 15.3 Å². The third kappa shape index (κ3) is 4.94. The first-order chi connectivity index (χ1) is 12.6. The fourth-order valence-electron chi connectivity index (χ4n) is 2.28. The van der Waals surface area contributed by atoms with Crippen molar-refractivity contribution >= 4 is 40.7 Å². The highest BCUT2D eigenvalue weighted by molar-refractivity contribution is 6.42. The quantitative estimate of drug-likeness (QED) is 0.654. The molecule has 0 saturated heterocycles. The molecule has 3 aromatic rings. The lowest BCUT2D eigenvalue weighted by molar-refractivity contribution is 0.0953. The second-order valence-corrected chi connectivity index (χ2v) is 6.36. The number of nitrogens with zero attached hydrogens (tertiary/aromatic N) is 2. The van der Waals surface area contributed by atoms with Gasteiger partial charge in [-0.15, -0.1) is 0 Å². The Kier molecular flexibility index (Phi) is 6.04. The van der Waals surface area contributed by atoms with Gasteiger partial charge in [-0.05, 0) is 30.2 Å². The molecule has 132 valence electrons. The summed E-state index contributed by atoms with van der Waals surface area (Å²) in [7, 11) is 0. The van der Waals surface area contributed by atoms with Gasteiger partial charge in [-0.3, -0.25) is 4.79 Å². The number of amides is 1. The standard InChI is InChI=1S/C19H16Cl2N4O/c20-16-7-6-15(10-17(16)21)25-19-23-11-14(12-24-19)18(26)22-9-8-13-4-2-1-3-5-13/h1-7,10-12H,8-9H2,(H,22,26)(H,23,24,25). The normalized spacial score (nSPS) is 10.4. The molecule has 7 heteroatoms. The summed E-state index contributed by atoms with van der Waals surface area (Å²) in [6.45, 7) is 0.548. The van der Waals surface area contributed by atoms with Gasteiger partial charge in [-0.1, -0.05) is 53.5 Å². The first kappa shape index (κ1) is 18.2. The third-order valence-corrected chi connectivity index (χ3v) is 4.37. The Labute approximate surface area is 161 Å². The first-order valence-electron chi connectivity index (χ1n) is 7.98. The largest absolute Gasteiger partial charge is 0.352 e. The van der Waals surface area contributed by atoms with Gasteiger partial charge in [0.1, 0.15) is 0 Å². The Morgan fingerprint density at radius 2 is 1.69 bits per heavy atom. The lowest BCUT2D eigenvalue weighted by atomic mass is 10.1. The minimum atomic E-state index is -0.206. The zero-order valence-electron chi connectivity index (χ0n) is 13.7. The number of halogens is 2. The summed E-state index contributed by atoms with van der Waals surface area (Å²) < 4.78 is 0. The molecule has 0 spiro atoms. The van der Waals surface area contributed by atoms with Crippen molar-refractivity contribution in [2.75, 3.05) is 11.9 Å². The molecule has 0 aliphatic heterocycles. The van der Waals surface area contributed by atoms with Crippen LogP contribution in [0.25, 0.3) is 0 Å². The molecule has 1 amide bonds. The molecular formula is C19H16Cl2N4O. The summed E-state index contributed by atoms with van der Waals surface area (Å²) in [6.07, 6.45) is 3.72. The molecule has 0 bridgehead atoms. The summed E-state index contributed by atoms with van der Waals surface area (Å²) in [4.78, 5) is 20.5. The number of hydrogen-bond donors (Lipinski definition) is 2. The molecule has 2 N–H and O–H groups in total. The summed E-state index contributed by atoms with van der Waals surface area (Å²) in [6, 6.07) is 15.1. The smallest absolute Gasteiger partial charge is 0.254 e. The minimum absolute atomic E-state index is 0.206. The van der Waals surface area contributed by atoms with E-state index in [2.05, 4.69) is 20.6 Å². The first-order valence-corrected chi connectivity index (χ1v) is 8.73. The Bertz CT molecular complexity index is 886. The molecule has 1 aromatic heterocycles. The van der Waals surface area contributed by atoms with Crippen LogP contribution < -0.4 is 10.6 Å². The van der Waals surface area contributed by atoms with Crippen LogP contribution in [0.4, 0.5) is 11.6 Å². The fourth-order valence-corrected chi connectivity index (χ4v) is 2.58. The summed E-state index contributed by atoms with van der Waals surface area (Å²) in [5.41, 5.74) is 2.28. The Balaban J connectivity index is 1.54. The number of rotatable bonds is 6. The van der Waals surface area contributed by atoms with Crippen LogP contribution in [0.1, 0.15) is 15.9 Å². The molecule has 1 heterocycles. The number of benzene rings is 2. The zero-order valence-corrected chi connectivity index (χ0v) is 15.3. The van der Waals surface area contributed by atoms with Crippen LogP contribution in [0, 0.1) is 0 Å². The van der Waals surface area contributed by atoms with E-state index in [1.807, 2.05) is 30.3 Å². The molecule has 0 aliphatic carbocycles. The predicted molar refractivity (Wildman–Crippen MR) is 104 cm³/mol. The summed E-state index contributed by atoms with van der Waals surface area (Å²) in [5.74, 6) is 0.159. The van der Waals surface area contributed by atoms with Crippen LogP contribution in [-0.4, -0.2) is 22.4 Å². The number of hydrogen-bond acceptors (Lipinski definition) is 4. The maximum absolute atomic E-state index is 12.1. The second kappa shape index (κ2) is 8.65. The zero-order chi connectivity index (χ0) is 18.4. The van der Waals surface area contributed by atoms with Gasteiger partial charge in [0.05, 0.1) is 15.6 Å². The van der Waals surface area contributed by atoms with Crippen molar-refractivity contribution in [2.45, 2.75) is 6.42 Å². The number of aromatic nitrogens is 2. The van der Waals surface area contributed by atoms with Crippen LogP contribution in [0.3, 0.4) is 0 Å². The van der Waals surface area contributed by atoms with Gasteiger partial charge in [0.15, 0.2) is 0 Å². The highest BCUT2D eigenvalue weighted by Crippen LogP contribution is 2.26. The topological polar surface area (TPSA) is 66.9 Å². The SMILES string of the molecule is O=C(NCCc1ccccc1)c1cnc(Nc2ccc(Cl)c(Cl)c2)nc1. The van der Waals surface area contributed by atoms with Gasteiger partial charge in [-0.2, -0.15) is 0 Å². The molecule has 5 nitrogen and oxygen atoms in total. The van der Waals surface area contributed by atoms with Crippen molar-refractivity contribution in [3.8, 4) is 0 Å². The monoisotopic (exact) mass is 386 g/mol. The summed E-state index contributed by atoms with van der Waals surface area (Å²) in [5, 5.41) is 6.77. The maximum Gasteiger partial charge on any atom is 0.254 e. The van der Waals surface area contributed by atoms with Gasteiger partial charge < -0.3 is 10.6 Å². The van der Waals surface area contributed by atoms with E-state index in [0.29, 0.717) is 33.8 Å². The number of carbonyl (C=O) groups excluding carboxylic acids is 1. The van der Waals surface area contributed by atoms with Crippen molar-refractivity contribution in [3.63, 3.8) is 0 Å². The van der Waals surface area contributed by atoms with Gasteiger partial charge in [0.25, 0.3) is 5.91 Å². The fraction of sp³-hybridized carbons (Fsp3) is 0.105. The molecule has 0 atom stereocenters. The summed E-state index contributed by atoms with van der Waals surface area (Å²) >= 11 is 11.9. The molecule has 0 aliphatic rings. The van der Waals surface area contributed by atoms with E-state index < -0.39 is 0 Å². The highest BCUT2D eigenvalue weighted by atomic mass is 35.5. The van der Waals surface area contributed by atoms with E-state index in [0.717, 1.165) is 6.42 Å². The van der Waals surface area contributed by atoms with Gasteiger partial charge in [0.2, 0.25) is 5.95 Å². The third-order valence-electron chi connectivity index (χ3n) is 3.63. The number of carbonyl (C=O) groups is 1. The molecule has 26 heavy (non-hydrogen) atoms. The van der Waals surface area contributed by atoms with E-state index in [9.17, 15) is 4.79 Å². The molecular weight excluding hydrogens is 371 g/mol. The van der Waals surface area contributed by atoms with E-state index in [1.54, 1.807) is 18.2 Å². The minimum Gasteiger partial charge on any atom is -0.352 e. The maximum atomic E-state index is 12.1. The molecule has 0 fully saturated rings. The average Bonchev–Trinajstić information content (AvgIpc) is 2.66. The Morgan fingerprint density at radius 1 is 0.962 bits per heavy atom. The van der Waals surface area contributed by atoms with E-state index in [4.69, 9.17) is 23.2 Å². The lowest BCUT2D eigenvalue weighted by Gasteiger charge is -2.07. The second-order valence-electron chi connectivity index (χ2n) is 5.54. The van der Waals surface area contributed by atoms with E-state index >= 15 is 0 Å². The van der Waals surface area contributed by atoms with Crippen LogP contribution in [0.2, 0.25) is 10.0 Å². The van der Waals surface area contributed by atoms with Crippen molar-refractivity contribution in [2.24, 2.45) is 0 Å². The Hall–Kier alpha value is -2.63. The van der Waals surface area contributed by atoms with E-state index in [1.165, 1.54) is 18.0 Å². The van der Waals surface area contributed by atoms with Gasteiger partial charge in [-0.25, -0.2) is 9.97 Å². The highest BCUT2D eigenvalue weighted by Gasteiger charge is 2.07. The van der Waals surface area contributed by atoms with Crippen LogP contribution in [0.5, 0.6) is 0 Å². The number of nitrogens with one attached hydrogen (secondary N) is 2. The Morgan fingerprint density at radius 3 is 2.38 bits per heavy atom.